The Bertz CT molecular complexity index is 2010. The van der Waals surface area contributed by atoms with Crippen molar-refractivity contribution in [2.24, 2.45) is 5.41 Å². The quantitative estimate of drug-likeness (QED) is 0.208. The number of carbonyl (C=O) groups is 1. The van der Waals surface area contributed by atoms with Gasteiger partial charge in [-0.15, -0.1) is 0 Å². The Morgan fingerprint density at radius 1 is 1.13 bits per heavy atom. The molecule has 5 heterocycles. The molecule has 8 rings (SSSR count). The number of rotatable bonds is 10. The van der Waals surface area contributed by atoms with Crippen LogP contribution in [0.2, 0.25) is 0 Å². The van der Waals surface area contributed by atoms with Crippen molar-refractivity contribution in [3.8, 4) is 16.9 Å². The van der Waals surface area contributed by atoms with E-state index in [4.69, 9.17) is 14.7 Å². The molecule has 2 aromatic carbocycles. The second-order valence-electron chi connectivity index (χ2n) is 15.2. The fourth-order valence-electron chi connectivity index (χ4n) is 8.33. The maximum absolute atomic E-state index is 14.1. The molecule has 0 unspecified atom stereocenters. The summed E-state index contributed by atoms with van der Waals surface area (Å²) in [5, 5.41) is 18.9. The van der Waals surface area contributed by atoms with E-state index in [0.717, 1.165) is 66.2 Å². The summed E-state index contributed by atoms with van der Waals surface area (Å²) in [6.45, 7) is 9.53. The number of piperidine rings is 1. The first kappa shape index (κ1) is 34.6. The zero-order chi connectivity index (χ0) is 36.4. The van der Waals surface area contributed by atoms with Gasteiger partial charge in [0.15, 0.2) is 12.4 Å². The lowest BCUT2D eigenvalue weighted by Crippen LogP contribution is -2.61. The number of aromatic nitrogens is 4. The molecule has 3 saturated heterocycles. The normalized spacial score (nSPS) is 20.5. The lowest BCUT2D eigenvalue weighted by Gasteiger charge is -2.54. The molecule has 2 aromatic heterocycles. The number of anilines is 2. The number of nitrogens with one attached hydrogen (secondary N) is 1. The third kappa shape index (κ3) is 6.55. The number of likely N-dealkylation sites (tertiary alicyclic amines) is 2. The first-order valence-corrected chi connectivity index (χ1v) is 18.2. The van der Waals surface area contributed by atoms with E-state index in [1.807, 2.05) is 35.9 Å². The Labute approximate surface area is 300 Å². The number of fused-ring (bicyclic) bond motifs is 2. The monoisotopic (exact) mass is 718 g/mol. The number of carbonyl (C=O) groups excluding carboxylic acids is 1. The highest BCUT2D eigenvalue weighted by Crippen LogP contribution is 2.53. The number of aliphatic hydroxyl groups excluding tert-OH is 1. The minimum absolute atomic E-state index is 0.0338. The number of aliphatic hydroxyl groups is 1. The maximum Gasteiger partial charge on any atom is 0.422 e. The van der Waals surface area contributed by atoms with Crippen molar-refractivity contribution in [3.63, 3.8) is 0 Å². The number of aromatic amines is 1. The van der Waals surface area contributed by atoms with Gasteiger partial charge in [-0.2, -0.15) is 23.3 Å². The summed E-state index contributed by atoms with van der Waals surface area (Å²) in [7, 11) is 1.90. The van der Waals surface area contributed by atoms with Crippen LogP contribution in [0.1, 0.15) is 49.1 Å². The van der Waals surface area contributed by atoms with E-state index in [2.05, 4.69) is 32.6 Å². The number of β-amino-alcohol motifs (C(OH)–C–C–N with tert-alkyl or cyclic N) is 1. The van der Waals surface area contributed by atoms with Gasteiger partial charge in [-0.05, 0) is 79.8 Å². The van der Waals surface area contributed by atoms with Crippen LogP contribution in [0.3, 0.4) is 0 Å². The van der Waals surface area contributed by atoms with Crippen LogP contribution >= 0.6 is 0 Å². The molecule has 2 N–H and O–H groups in total. The standard InChI is InChI=1S/C38H45F3N8O3/c1-4-30(51)49-20-37(21-49)10-13-48(14-11-37)35-27-17-26(24-6-7-24)32(31-23(2)5-8-29-28(31)18-42-45-29)34(52-22-38(39,40)41)33(27)43-36(44-35)46(3)15-16-47-12-9-25(50)19-47/h4-5,8,17-18,24-25,50H,1,6-7,9-16,19-22H2,2-3H3,(H,42,45)/t25-/m0/s1. The van der Waals surface area contributed by atoms with E-state index in [1.54, 1.807) is 6.20 Å². The SMILES string of the molecule is C=CC(=O)N1CC2(CCN(c3nc(N(C)CCN4CC[C@H](O)C4)nc4c(OCC(F)(F)F)c(-c5c(C)ccc6[nH]ncc56)c(C5CC5)cc34)CC2)C1. The van der Waals surface area contributed by atoms with E-state index in [0.29, 0.717) is 74.0 Å². The second-order valence-corrected chi connectivity index (χ2v) is 15.2. The van der Waals surface area contributed by atoms with E-state index >= 15 is 0 Å². The molecule has 276 valence electrons. The van der Waals surface area contributed by atoms with Crippen molar-refractivity contribution in [1.29, 1.82) is 0 Å². The topological polar surface area (TPSA) is 114 Å². The predicted octanol–water partition coefficient (Wildman–Crippen LogP) is 5.42. The molecular formula is C38H45F3N8O3. The van der Waals surface area contributed by atoms with Crippen LogP contribution in [0.15, 0.2) is 37.1 Å². The van der Waals surface area contributed by atoms with Gasteiger partial charge in [-0.1, -0.05) is 12.6 Å². The highest BCUT2D eigenvalue weighted by molar-refractivity contribution is 6.06. The van der Waals surface area contributed by atoms with Gasteiger partial charge in [0, 0.05) is 81.2 Å². The molecule has 1 saturated carbocycles. The summed E-state index contributed by atoms with van der Waals surface area (Å²) in [5.74, 6) is 1.30. The van der Waals surface area contributed by atoms with Crippen molar-refractivity contribution in [3.05, 3.63) is 48.2 Å². The van der Waals surface area contributed by atoms with E-state index in [1.165, 1.54) is 6.08 Å². The first-order valence-electron chi connectivity index (χ1n) is 18.2. The average molecular weight is 719 g/mol. The highest BCUT2D eigenvalue weighted by Gasteiger charge is 2.46. The van der Waals surface area contributed by atoms with Crippen LogP contribution in [0.4, 0.5) is 24.9 Å². The zero-order valence-electron chi connectivity index (χ0n) is 29.7. The Morgan fingerprint density at radius 3 is 2.58 bits per heavy atom. The van der Waals surface area contributed by atoms with Crippen molar-refractivity contribution in [2.75, 3.05) is 75.8 Å². The van der Waals surface area contributed by atoms with Gasteiger partial charge >= 0.3 is 6.18 Å². The Balaban J connectivity index is 1.27. The molecule has 3 aliphatic heterocycles. The average Bonchev–Trinajstić information content (AvgIpc) is 3.70. The molecule has 52 heavy (non-hydrogen) atoms. The molecule has 1 amide bonds. The minimum Gasteiger partial charge on any atom is -0.481 e. The number of alkyl halides is 3. The van der Waals surface area contributed by atoms with E-state index < -0.39 is 12.8 Å². The van der Waals surface area contributed by atoms with Crippen LogP contribution in [0.25, 0.3) is 32.9 Å². The maximum atomic E-state index is 14.1. The largest absolute Gasteiger partial charge is 0.481 e. The van der Waals surface area contributed by atoms with E-state index in [9.17, 15) is 23.1 Å². The predicted molar refractivity (Wildman–Crippen MR) is 194 cm³/mol. The number of nitrogens with zero attached hydrogens (tertiary/aromatic N) is 7. The third-order valence-corrected chi connectivity index (χ3v) is 11.4. The fourth-order valence-corrected chi connectivity index (χ4v) is 8.33. The summed E-state index contributed by atoms with van der Waals surface area (Å²) in [4.78, 5) is 30.6. The number of likely N-dealkylation sites (N-methyl/N-ethyl adjacent to an activating group) is 1. The Hall–Kier alpha value is -4.43. The summed E-state index contributed by atoms with van der Waals surface area (Å²) in [6.07, 6.45) is 2.45. The van der Waals surface area contributed by atoms with Crippen molar-refractivity contribution in [2.45, 2.75) is 57.2 Å². The summed E-state index contributed by atoms with van der Waals surface area (Å²) in [6, 6.07) is 5.99. The number of halogens is 3. The number of hydrogen-bond donors (Lipinski definition) is 2. The van der Waals surface area contributed by atoms with Gasteiger partial charge in [0.05, 0.1) is 17.8 Å². The molecular weight excluding hydrogens is 673 g/mol. The summed E-state index contributed by atoms with van der Waals surface area (Å²) in [5.41, 5.74) is 4.42. The molecule has 1 aliphatic carbocycles. The smallest absolute Gasteiger partial charge is 0.422 e. The van der Waals surface area contributed by atoms with E-state index in [-0.39, 0.29) is 29.1 Å². The van der Waals surface area contributed by atoms with Gasteiger partial charge < -0.3 is 24.5 Å². The summed E-state index contributed by atoms with van der Waals surface area (Å²) >= 11 is 0. The molecule has 0 bridgehead atoms. The van der Waals surface area contributed by atoms with Crippen LogP contribution in [-0.4, -0.2) is 119 Å². The molecule has 4 fully saturated rings. The molecule has 4 aliphatic rings. The number of aryl methyl sites for hydroxylation is 1. The van der Waals surface area contributed by atoms with Crippen molar-refractivity contribution >= 4 is 39.5 Å². The van der Waals surface area contributed by atoms with Crippen LogP contribution < -0.4 is 14.5 Å². The molecule has 1 atom stereocenters. The number of hydrogen-bond acceptors (Lipinski definition) is 9. The van der Waals surface area contributed by atoms with Gasteiger partial charge in [-0.25, -0.2) is 4.98 Å². The lowest BCUT2D eigenvalue weighted by atomic mass is 9.72. The molecule has 0 radical (unpaired) electrons. The second kappa shape index (κ2) is 13.2. The van der Waals surface area contributed by atoms with Gasteiger partial charge in [0.1, 0.15) is 11.3 Å². The Morgan fingerprint density at radius 2 is 1.90 bits per heavy atom. The minimum atomic E-state index is -4.57. The van der Waals surface area contributed by atoms with Gasteiger partial charge in [0.25, 0.3) is 0 Å². The van der Waals surface area contributed by atoms with Crippen molar-refractivity contribution in [1.82, 2.24) is 30.0 Å². The molecule has 14 heteroatoms. The molecule has 1 spiro atoms. The lowest BCUT2D eigenvalue weighted by molar-refractivity contribution is -0.153. The third-order valence-electron chi connectivity index (χ3n) is 11.4. The number of benzene rings is 2. The van der Waals surface area contributed by atoms with Gasteiger partial charge in [-0.3, -0.25) is 14.8 Å². The number of amides is 1. The zero-order valence-corrected chi connectivity index (χ0v) is 29.7. The highest BCUT2D eigenvalue weighted by atomic mass is 19.4. The number of H-pyrrole nitrogens is 1. The van der Waals surface area contributed by atoms with Crippen molar-refractivity contribution < 1.29 is 27.8 Å². The Kier molecular flexibility index (Phi) is 8.80. The van der Waals surface area contributed by atoms with Crippen LogP contribution in [0, 0.1) is 12.3 Å². The fraction of sp³-hybridized carbons (Fsp3) is 0.526. The first-order chi connectivity index (χ1) is 24.9. The van der Waals surface area contributed by atoms with Gasteiger partial charge in [0.2, 0.25) is 11.9 Å². The van der Waals surface area contributed by atoms with Crippen LogP contribution in [-0.2, 0) is 4.79 Å². The molecule has 11 nitrogen and oxygen atoms in total. The molecule has 4 aromatic rings. The number of ether oxygens (including phenoxy) is 1. The summed E-state index contributed by atoms with van der Waals surface area (Å²) < 4.78 is 48.1. The van der Waals surface area contributed by atoms with Crippen LogP contribution in [0.5, 0.6) is 5.75 Å².